The third kappa shape index (κ3) is 3.05. The molecule has 0 saturated heterocycles. The van der Waals surface area contributed by atoms with Gasteiger partial charge >= 0.3 is 0 Å². The van der Waals surface area contributed by atoms with Gasteiger partial charge < -0.3 is 11.1 Å². The lowest BCUT2D eigenvalue weighted by Gasteiger charge is -2.18. The summed E-state index contributed by atoms with van der Waals surface area (Å²) in [6.45, 7) is 4.56. The molecule has 1 atom stereocenters. The lowest BCUT2D eigenvalue weighted by Crippen LogP contribution is -2.33. The van der Waals surface area contributed by atoms with E-state index in [1.807, 2.05) is 13.2 Å². The van der Waals surface area contributed by atoms with Crippen molar-refractivity contribution < 1.29 is 0 Å². The highest BCUT2D eigenvalue weighted by Gasteiger charge is 2.29. The Morgan fingerprint density at radius 3 is 2.65 bits per heavy atom. The first-order chi connectivity index (χ1) is 8.09. The average Bonchev–Trinajstić information content (AvgIpc) is 2.37. The van der Waals surface area contributed by atoms with E-state index in [4.69, 9.17) is 11.0 Å². The second-order valence-electron chi connectivity index (χ2n) is 3.65. The number of nitrogens with two attached hydrogens (primary N) is 1. The van der Waals surface area contributed by atoms with Crippen LogP contribution in [0.15, 0.2) is 5.16 Å². The van der Waals surface area contributed by atoms with Crippen molar-refractivity contribution in [1.29, 1.82) is 5.26 Å². The lowest BCUT2D eigenvalue weighted by molar-refractivity contribution is 0.564. The molecule has 1 rings (SSSR count). The standard InChI is InChI=1S/C10H16N6S/c1-4-13-8-14-7(10(2,5-11)6-12)15-9(16-8)17-3/h4-5,11H2,1-3H3,(H,13,14,15,16). The van der Waals surface area contributed by atoms with E-state index in [0.717, 1.165) is 0 Å². The van der Waals surface area contributed by atoms with Gasteiger partial charge in [-0.25, -0.2) is 4.98 Å². The van der Waals surface area contributed by atoms with Crippen molar-refractivity contribution in [1.82, 2.24) is 15.0 Å². The smallest absolute Gasteiger partial charge is 0.226 e. The summed E-state index contributed by atoms with van der Waals surface area (Å²) in [4.78, 5) is 12.7. The molecule has 0 aliphatic carbocycles. The number of nitriles is 1. The zero-order valence-corrected chi connectivity index (χ0v) is 11.0. The van der Waals surface area contributed by atoms with Crippen LogP contribution in [0, 0.1) is 11.3 Å². The molecule has 7 heteroatoms. The second-order valence-corrected chi connectivity index (χ2v) is 4.42. The van der Waals surface area contributed by atoms with Crippen molar-refractivity contribution in [2.24, 2.45) is 5.73 Å². The minimum absolute atomic E-state index is 0.174. The first-order valence-corrected chi connectivity index (χ1v) is 6.47. The van der Waals surface area contributed by atoms with Crippen molar-refractivity contribution in [3.8, 4) is 6.07 Å². The molecule has 1 heterocycles. The fourth-order valence-electron chi connectivity index (χ4n) is 1.12. The van der Waals surface area contributed by atoms with E-state index in [-0.39, 0.29) is 6.54 Å². The van der Waals surface area contributed by atoms with Crippen molar-refractivity contribution in [3.05, 3.63) is 5.82 Å². The molecule has 1 aromatic rings. The molecule has 0 aliphatic heterocycles. The Labute approximate surface area is 105 Å². The Hall–Kier alpha value is -1.39. The predicted molar refractivity (Wildman–Crippen MR) is 67.8 cm³/mol. The Bertz CT molecular complexity index is 429. The van der Waals surface area contributed by atoms with Crippen LogP contribution in [0.3, 0.4) is 0 Å². The predicted octanol–water partition coefficient (Wildman–Crippen LogP) is 0.765. The molecule has 0 amide bonds. The summed E-state index contributed by atoms with van der Waals surface area (Å²) in [7, 11) is 0. The van der Waals surface area contributed by atoms with Crippen LogP contribution in [-0.2, 0) is 5.41 Å². The lowest BCUT2D eigenvalue weighted by atomic mass is 9.92. The van der Waals surface area contributed by atoms with Crippen LogP contribution in [0.4, 0.5) is 5.95 Å². The van der Waals surface area contributed by atoms with Crippen molar-refractivity contribution in [3.63, 3.8) is 0 Å². The van der Waals surface area contributed by atoms with E-state index < -0.39 is 5.41 Å². The van der Waals surface area contributed by atoms with Crippen LogP contribution >= 0.6 is 11.8 Å². The summed E-state index contributed by atoms with van der Waals surface area (Å²) in [6.07, 6.45) is 1.88. The Morgan fingerprint density at radius 1 is 1.47 bits per heavy atom. The number of hydrogen-bond donors (Lipinski definition) is 2. The van der Waals surface area contributed by atoms with E-state index in [1.165, 1.54) is 11.8 Å². The van der Waals surface area contributed by atoms with Gasteiger partial charge in [-0.3, -0.25) is 0 Å². The van der Waals surface area contributed by atoms with Crippen molar-refractivity contribution in [2.75, 3.05) is 24.7 Å². The third-order valence-corrected chi connectivity index (χ3v) is 2.83. The molecule has 6 nitrogen and oxygen atoms in total. The van der Waals surface area contributed by atoms with Crippen molar-refractivity contribution >= 4 is 17.7 Å². The van der Waals surface area contributed by atoms with Crippen LogP contribution in [0.25, 0.3) is 0 Å². The molecule has 0 fully saturated rings. The van der Waals surface area contributed by atoms with Gasteiger partial charge in [0.25, 0.3) is 0 Å². The maximum Gasteiger partial charge on any atom is 0.226 e. The summed E-state index contributed by atoms with van der Waals surface area (Å²) < 4.78 is 0. The highest BCUT2D eigenvalue weighted by atomic mass is 32.2. The monoisotopic (exact) mass is 252 g/mol. The number of rotatable bonds is 5. The molecular formula is C10H16N6S. The first-order valence-electron chi connectivity index (χ1n) is 5.25. The highest BCUT2D eigenvalue weighted by molar-refractivity contribution is 7.98. The van der Waals surface area contributed by atoms with Crippen LogP contribution < -0.4 is 11.1 Å². The molecular weight excluding hydrogens is 236 g/mol. The van der Waals surface area contributed by atoms with E-state index in [9.17, 15) is 0 Å². The summed E-state index contributed by atoms with van der Waals surface area (Å²) in [5.74, 6) is 0.898. The maximum atomic E-state index is 9.17. The topological polar surface area (TPSA) is 101 Å². The fourth-order valence-corrected chi connectivity index (χ4v) is 1.47. The Morgan fingerprint density at radius 2 is 2.18 bits per heavy atom. The molecule has 0 radical (unpaired) electrons. The Balaban J connectivity index is 3.24. The van der Waals surface area contributed by atoms with E-state index >= 15 is 0 Å². The number of hydrogen-bond acceptors (Lipinski definition) is 7. The van der Waals surface area contributed by atoms with Gasteiger partial charge in [0.1, 0.15) is 5.41 Å². The average molecular weight is 252 g/mol. The normalized spacial score (nSPS) is 13.8. The molecule has 17 heavy (non-hydrogen) atoms. The first kappa shape index (κ1) is 13.7. The SMILES string of the molecule is CCNc1nc(SC)nc(C(C)(C#N)CN)n1. The van der Waals surface area contributed by atoms with E-state index in [2.05, 4.69) is 26.3 Å². The van der Waals surface area contributed by atoms with Crippen LogP contribution in [0.1, 0.15) is 19.7 Å². The van der Waals surface area contributed by atoms with E-state index in [1.54, 1.807) is 6.92 Å². The van der Waals surface area contributed by atoms with Crippen LogP contribution in [-0.4, -0.2) is 34.3 Å². The number of nitrogens with zero attached hydrogens (tertiary/aromatic N) is 4. The summed E-state index contributed by atoms with van der Waals surface area (Å²) in [5.41, 5.74) is 4.74. The van der Waals surface area contributed by atoms with Gasteiger partial charge in [0.2, 0.25) is 5.95 Å². The number of anilines is 1. The number of thioether (sulfide) groups is 1. The van der Waals surface area contributed by atoms with Gasteiger partial charge in [0, 0.05) is 13.1 Å². The maximum absolute atomic E-state index is 9.17. The quantitative estimate of drug-likeness (QED) is 0.746. The number of nitrogens with one attached hydrogen (secondary N) is 1. The van der Waals surface area contributed by atoms with E-state index in [0.29, 0.717) is 23.5 Å². The summed E-state index contributed by atoms with van der Waals surface area (Å²) >= 11 is 1.41. The number of aromatic nitrogens is 3. The second kappa shape index (κ2) is 5.80. The highest BCUT2D eigenvalue weighted by Crippen LogP contribution is 2.21. The summed E-state index contributed by atoms with van der Waals surface area (Å²) in [5, 5.41) is 12.8. The zero-order valence-electron chi connectivity index (χ0n) is 10.2. The van der Waals surface area contributed by atoms with Gasteiger partial charge in [0.05, 0.1) is 6.07 Å². The van der Waals surface area contributed by atoms with Gasteiger partial charge in [-0.15, -0.1) is 0 Å². The molecule has 0 saturated carbocycles. The zero-order chi connectivity index (χ0) is 12.9. The molecule has 0 aromatic carbocycles. The fraction of sp³-hybridized carbons (Fsp3) is 0.600. The molecule has 0 bridgehead atoms. The Kier molecular flexibility index (Phi) is 4.66. The molecule has 0 spiro atoms. The molecule has 92 valence electrons. The van der Waals surface area contributed by atoms with Gasteiger partial charge in [-0.2, -0.15) is 15.2 Å². The molecule has 1 unspecified atom stereocenters. The third-order valence-electron chi connectivity index (χ3n) is 2.28. The van der Waals surface area contributed by atoms with Gasteiger partial charge in [-0.1, -0.05) is 11.8 Å². The minimum Gasteiger partial charge on any atom is -0.354 e. The van der Waals surface area contributed by atoms with Crippen molar-refractivity contribution in [2.45, 2.75) is 24.4 Å². The summed E-state index contributed by atoms with van der Waals surface area (Å²) in [6, 6.07) is 2.15. The van der Waals surface area contributed by atoms with Gasteiger partial charge in [0.15, 0.2) is 11.0 Å². The minimum atomic E-state index is -0.877. The molecule has 3 N–H and O–H groups in total. The van der Waals surface area contributed by atoms with Crippen LogP contribution in [0.5, 0.6) is 0 Å². The molecule has 0 aliphatic rings. The van der Waals surface area contributed by atoms with Gasteiger partial charge in [-0.05, 0) is 20.1 Å². The molecule has 1 aromatic heterocycles. The van der Waals surface area contributed by atoms with Crippen LogP contribution in [0.2, 0.25) is 0 Å². The largest absolute Gasteiger partial charge is 0.354 e.